The van der Waals surface area contributed by atoms with Crippen LogP contribution in [0.2, 0.25) is 0 Å². The zero-order chi connectivity index (χ0) is 13.9. The van der Waals surface area contributed by atoms with E-state index in [9.17, 15) is 9.59 Å². The molecule has 1 aliphatic heterocycles. The van der Waals surface area contributed by atoms with Crippen molar-refractivity contribution in [2.24, 2.45) is 5.92 Å². The molecular weight excluding hydrogens is 252 g/mol. The molecule has 2 amide bonds. The van der Waals surface area contributed by atoms with Crippen LogP contribution in [0.1, 0.15) is 36.0 Å². The third-order valence-electron chi connectivity index (χ3n) is 4.12. The highest BCUT2D eigenvalue weighted by atomic mass is 16.2. The van der Waals surface area contributed by atoms with Crippen LogP contribution in [-0.2, 0) is 0 Å². The zero-order valence-corrected chi connectivity index (χ0v) is 11.5. The van der Waals surface area contributed by atoms with E-state index in [0.717, 1.165) is 31.2 Å². The second-order valence-electron chi connectivity index (χ2n) is 5.72. The van der Waals surface area contributed by atoms with Gasteiger partial charge in [0.15, 0.2) is 5.78 Å². The molecular formula is C16H20N2O2. The van der Waals surface area contributed by atoms with E-state index in [0.29, 0.717) is 19.1 Å². The van der Waals surface area contributed by atoms with Gasteiger partial charge in [-0.1, -0.05) is 30.3 Å². The number of ketones is 1. The van der Waals surface area contributed by atoms with Crippen LogP contribution in [0, 0.1) is 5.92 Å². The lowest BCUT2D eigenvalue weighted by Crippen LogP contribution is -2.46. The molecule has 1 N–H and O–H groups in total. The summed E-state index contributed by atoms with van der Waals surface area (Å²) in [5.74, 6) is 0.273. The Morgan fingerprint density at radius 2 is 1.65 bits per heavy atom. The average Bonchev–Trinajstić information content (AvgIpc) is 3.31. The summed E-state index contributed by atoms with van der Waals surface area (Å²) in [5.41, 5.74) is 0.786. The highest BCUT2D eigenvalue weighted by Gasteiger charge is 2.30. The number of likely N-dealkylation sites (tertiary alicyclic amines) is 1. The number of Topliss-reactive ketones (excluding diaryl/α,β-unsaturated/α-hetero) is 1. The molecule has 1 heterocycles. The normalized spacial score (nSPS) is 19.7. The summed E-state index contributed by atoms with van der Waals surface area (Å²) >= 11 is 0. The Labute approximate surface area is 119 Å². The van der Waals surface area contributed by atoms with Crippen molar-refractivity contribution < 1.29 is 9.59 Å². The van der Waals surface area contributed by atoms with Crippen LogP contribution >= 0.6 is 0 Å². The molecule has 1 saturated heterocycles. The first-order chi connectivity index (χ1) is 9.74. The monoisotopic (exact) mass is 272 g/mol. The minimum absolute atomic E-state index is 0.0399. The standard InChI is InChI=1S/C16H20N2O2/c19-15(12-4-2-1-3-5-12)13-8-10-18(11-9-13)16(20)17-14-6-7-14/h1-5,13-14H,6-11H2,(H,17,20). The van der Waals surface area contributed by atoms with Crippen LogP contribution in [0.3, 0.4) is 0 Å². The van der Waals surface area contributed by atoms with Crippen LogP contribution in [0.4, 0.5) is 4.79 Å². The maximum absolute atomic E-state index is 12.3. The molecule has 4 heteroatoms. The van der Waals surface area contributed by atoms with Gasteiger partial charge in [-0.2, -0.15) is 0 Å². The first-order valence-electron chi connectivity index (χ1n) is 7.39. The maximum atomic E-state index is 12.3. The van der Waals surface area contributed by atoms with Crippen molar-refractivity contribution in [3.63, 3.8) is 0 Å². The molecule has 0 radical (unpaired) electrons. The van der Waals surface area contributed by atoms with E-state index in [1.54, 1.807) is 0 Å². The van der Waals surface area contributed by atoms with Crippen molar-refractivity contribution in [3.05, 3.63) is 35.9 Å². The molecule has 1 aliphatic carbocycles. The number of nitrogens with one attached hydrogen (secondary N) is 1. The highest BCUT2D eigenvalue weighted by Crippen LogP contribution is 2.23. The number of urea groups is 1. The number of nitrogens with zero attached hydrogens (tertiary/aromatic N) is 1. The molecule has 0 aromatic heterocycles. The zero-order valence-electron chi connectivity index (χ0n) is 11.5. The molecule has 2 fully saturated rings. The van der Waals surface area contributed by atoms with Crippen molar-refractivity contribution in [1.29, 1.82) is 0 Å². The minimum atomic E-state index is 0.0399. The third kappa shape index (κ3) is 3.00. The number of piperidine rings is 1. The van der Waals surface area contributed by atoms with Gasteiger partial charge in [-0.25, -0.2) is 4.79 Å². The van der Waals surface area contributed by atoms with Gasteiger partial charge in [-0.15, -0.1) is 0 Å². The van der Waals surface area contributed by atoms with E-state index in [2.05, 4.69) is 5.32 Å². The molecule has 0 spiro atoms. The van der Waals surface area contributed by atoms with Crippen molar-refractivity contribution in [2.45, 2.75) is 31.7 Å². The maximum Gasteiger partial charge on any atom is 0.317 e. The molecule has 1 saturated carbocycles. The lowest BCUT2D eigenvalue weighted by atomic mass is 9.89. The van der Waals surface area contributed by atoms with Gasteiger partial charge in [0.05, 0.1) is 0 Å². The van der Waals surface area contributed by atoms with Gasteiger partial charge in [0.2, 0.25) is 0 Å². The van der Waals surface area contributed by atoms with Gasteiger partial charge in [0.1, 0.15) is 0 Å². The van der Waals surface area contributed by atoms with Crippen molar-refractivity contribution in [3.8, 4) is 0 Å². The number of rotatable bonds is 3. The van der Waals surface area contributed by atoms with Crippen molar-refractivity contribution in [2.75, 3.05) is 13.1 Å². The molecule has 0 bridgehead atoms. The van der Waals surface area contributed by atoms with Crippen molar-refractivity contribution >= 4 is 11.8 Å². The Hall–Kier alpha value is -1.84. The average molecular weight is 272 g/mol. The van der Waals surface area contributed by atoms with Gasteiger partial charge in [-0.05, 0) is 25.7 Å². The Bertz CT molecular complexity index is 488. The second kappa shape index (κ2) is 5.65. The van der Waals surface area contributed by atoms with E-state index >= 15 is 0 Å². The summed E-state index contributed by atoms with van der Waals surface area (Å²) < 4.78 is 0. The Morgan fingerprint density at radius 3 is 2.25 bits per heavy atom. The fourth-order valence-corrected chi connectivity index (χ4v) is 2.68. The molecule has 3 rings (SSSR count). The number of carbonyl (C=O) groups is 2. The van der Waals surface area contributed by atoms with E-state index in [1.165, 1.54) is 0 Å². The minimum Gasteiger partial charge on any atom is -0.335 e. The summed E-state index contributed by atoms with van der Waals surface area (Å²) in [6.45, 7) is 1.36. The fourth-order valence-electron chi connectivity index (χ4n) is 2.68. The largest absolute Gasteiger partial charge is 0.335 e. The SMILES string of the molecule is O=C(c1ccccc1)C1CCN(C(=O)NC2CC2)CC1. The molecule has 1 aromatic rings. The summed E-state index contributed by atoms with van der Waals surface area (Å²) in [6, 6.07) is 9.88. The van der Waals surface area contributed by atoms with Gasteiger partial charge in [0.25, 0.3) is 0 Å². The van der Waals surface area contributed by atoms with Crippen LogP contribution in [0.25, 0.3) is 0 Å². The van der Waals surface area contributed by atoms with E-state index in [-0.39, 0.29) is 17.7 Å². The highest BCUT2D eigenvalue weighted by molar-refractivity contribution is 5.97. The summed E-state index contributed by atoms with van der Waals surface area (Å²) in [6.07, 6.45) is 3.75. The van der Waals surface area contributed by atoms with Gasteiger partial charge >= 0.3 is 6.03 Å². The molecule has 20 heavy (non-hydrogen) atoms. The number of hydrogen-bond donors (Lipinski definition) is 1. The van der Waals surface area contributed by atoms with Crippen molar-refractivity contribution in [1.82, 2.24) is 10.2 Å². The predicted octanol–water partition coefficient (Wildman–Crippen LogP) is 2.45. The third-order valence-corrected chi connectivity index (χ3v) is 4.12. The van der Waals surface area contributed by atoms with E-state index < -0.39 is 0 Å². The van der Waals surface area contributed by atoms with Crippen LogP contribution in [0.15, 0.2) is 30.3 Å². The quantitative estimate of drug-likeness (QED) is 0.859. The Kier molecular flexibility index (Phi) is 3.72. The van der Waals surface area contributed by atoms with Gasteiger partial charge < -0.3 is 10.2 Å². The number of amides is 2. The molecule has 1 aromatic carbocycles. The second-order valence-corrected chi connectivity index (χ2v) is 5.72. The topological polar surface area (TPSA) is 49.4 Å². The lowest BCUT2D eigenvalue weighted by molar-refractivity contribution is 0.0854. The molecule has 4 nitrogen and oxygen atoms in total. The smallest absolute Gasteiger partial charge is 0.317 e. The van der Waals surface area contributed by atoms with E-state index in [1.807, 2.05) is 35.2 Å². The number of benzene rings is 1. The van der Waals surface area contributed by atoms with E-state index in [4.69, 9.17) is 0 Å². The summed E-state index contributed by atoms with van der Waals surface area (Å²) in [4.78, 5) is 26.1. The molecule has 106 valence electrons. The van der Waals surface area contributed by atoms with Crippen LogP contribution in [0.5, 0.6) is 0 Å². The molecule has 0 atom stereocenters. The first-order valence-corrected chi connectivity index (χ1v) is 7.39. The Morgan fingerprint density at radius 1 is 1.00 bits per heavy atom. The van der Waals surface area contributed by atoms with Crippen LogP contribution < -0.4 is 5.32 Å². The first kappa shape index (κ1) is 13.2. The number of hydrogen-bond acceptors (Lipinski definition) is 2. The summed E-state index contributed by atoms with van der Waals surface area (Å²) in [5, 5.41) is 3.00. The Balaban J connectivity index is 1.53. The van der Waals surface area contributed by atoms with Gasteiger partial charge in [-0.3, -0.25) is 4.79 Å². The summed E-state index contributed by atoms with van der Waals surface area (Å²) in [7, 11) is 0. The van der Waals surface area contributed by atoms with Crippen LogP contribution in [-0.4, -0.2) is 35.8 Å². The molecule has 0 unspecified atom stereocenters. The predicted molar refractivity (Wildman–Crippen MR) is 76.6 cm³/mol. The molecule has 2 aliphatic rings. The lowest BCUT2D eigenvalue weighted by Gasteiger charge is -2.31. The fraction of sp³-hybridized carbons (Fsp3) is 0.500. The number of carbonyl (C=O) groups excluding carboxylic acids is 2. The van der Waals surface area contributed by atoms with Gasteiger partial charge in [0, 0.05) is 30.6 Å².